The fraction of sp³-hybridized carbons (Fsp3) is 0. The van der Waals surface area contributed by atoms with Gasteiger partial charge in [0.2, 0.25) is 0 Å². The van der Waals surface area contributed by atoms with Crippen LogP contribution in [0.1, 0.15) is 15.9 Å². The van der Waals surface area contributed by atoms with Crippen LogP contribution >= 0.6 is 23.2 Å². The molecule has 0 saturated carbocycles. The Labute approximate surface area is 187 Å². The normalized spacial score (nSPS) is 11.4. The van der Waals surface area contributed by atoms with Gasteiger partial charge in [0.1, 0.15) is 12.7 Å². The molecule has 1 amide bonds. The molecule has 0 fully saturated rings. The molecule has 2 aromatic heterocycles. The third-order valence-electron chi connectivity index (χ3n) is 4.30. The zero-order chi connectivity index (χ0) is 21.8. The van der Waals surface area contributed by atoms with E-state index in [0.717, 1.165) is 0 Å². The Hall–Kier alpha value is -3.75. The maximum Gasteiger partial charge on any atom is 0.257 e. The fourth-order valence-corrected chi connectivity index (χ4v) is 3.29. The molecule has 0 atom stereocenters. The molecule has 0 bridgehead atoms. The van der Waals surface area contributed by atoms with Gasteiger partial charge in [-0.2, -0.15) is 0 Å². The van der Waals surface area contributed by atoms with Crippen molar-refractivity contribution in [3.63, 3.8) is 0 Å². The first-order valence-corrected chi connectivity index (χ1v) is 9.78. The monoisotopic (exact) mass is 451 g/mol. The van der Waals surface area contributed by atoms with Crippen LogP contribution in [-0.2, 0) is 0 Å². The van der Waals surface area contributed by atoms with Crippen LogP contribution in [0.25, 0.3) is 11.3 Å². The molecule has 8 nitrogen and oxygen atoms in total. The summed E-state index contributed by atoms with van der Waals surface area (Å²) in [5.74, 6) is -0.175. The molecule has 2 aromatic carbocycles. The Morgan fingerprint density at radius 3 is 2.52 bits per heavy atom. The van der Waals surface area contributed by atoms with Gasteiger partial charge in [-0.3, -0.25) is 9.78 Å². The molecule has 0 aliphatic heterocycles. The number of rotatable bonds is 5. The van der Waals surface area contributed by atoms with Crippen LogP contribution in [0.2, 0.25) is 10.0 Å². The van der Waals surface area contributed by atoms with Crippen molar-refractivity contribution >= 4 is 40.6 Å². The number of nitrogens with zero attached hydrogens (tertiary/aromatic N) is 5. The zero-order valence-corrected chi connectivity index (χ0v) is 17.4. The minimum Gasteiger partial charge on any atom is -0.382 e. The largest absolute Gasteiger partial charge is 0.382 e. The SMILES string of the molecule is NC(=Nn1cnnc1)c1ccc(C(=O)Nc2ccc(Cl)c(-c3ccccn3)c2)c(Cl)c1. The Bertz CT molecular complexity index is 1260. The van der Waals surface area contributed by atoms with Gasteiger partial charge in [0.15, 0.2) is 5.84 Å². The van der Waals surface area contributed by atoms with Crippen molar-refractivity contribution in [2.75, 3.05) is 5.32 Å². The first-order valence-electron chi connectivity index (χ1n) is 9.02. The Kier molecular flexibility index (Phi) is 5.92. The van der Waals surface area contributed by atoms with E-state index in [4.69, 9.17) is 28.9 Å². The minimum absolute atomic E-state index is 0.200. The van der Waals surface area contributed by atoms with Crippen molar-refractivity contribution in [1.29, 1.82) is 0 Å². The molecule has 3 N–H and O–H groups in total. The van der Waals surface area contributed by atoms with Crippen molar-refractivity contribution in [3.05, 3.63) is 94.6 Å². The molecule has 0 saturated heterocycles. The van der Waals surface area contributed by atoms with E-state index >= 15 is 0 Å². The molecule has 154 valence electrons. The first-order chi connectivity index (χ1) is 15.0. The van der Waals surface area contributed by atoms with Crippen molar-refractivity contribution in [2.24, 2.45) is 10.8 Å². The minimum atomic E-state index is -0.375. The van der Waals surface area contributed by atoms with Gasteiger partial charge in [-0.15, -0.1) is 15.3 Å². The number of anilines is 1. The van der Waals surface area contributed by atoms with E-state index < -0.39 is 0 Å². The highest BCUT2D eigenvalue weighted by Gasteiger charge is 2.14. The lowest BCUT2D eigenvalue weighted by molar-refractivity contribution is 0.102. The molecule has 0 aliphatic carbocycles. The summed E-state index contributed by atoms with van der Waals surface area (Å²) in [6, 6.07) is 15.5. The highest BCUT2D eigenvalue weighted by atomic mass is 35.5. The standard InChI is InChI=1S/C21H15Cl2N7O/c22-17-7-5-14(10-16(17)19-3-1-2-8-25-19)28-21(31)15-6-4-13(9-18(15)23)20(24)29-30-11-26-27-12-30/h1-12H,(H2,24,29)(H,28,31). The molecule has 0 radical (unpaired) electrons. The average molecular weight is 452 g/mol. The molecule has 0 spiro atoms. The van der Waals surface area contributed by atoms with E-state index in [2.05, 4.69) is 25.6 Å². The van der Waals surface area contributed by atoms with Crippen molar-refractivity contribution in [3.8, 4) is 11.3 Å². The number of hydrogen-bond donors (Lipinski definition) is 2. The maximum absolute atomic E-state index is 12.8. The summed E-state index contributed by atoms with van der Waals surface area (Å²) < 4.78 is 1.36. The molecular formula is C21H15Cl2N7O. The van der Waals surface area contributed by atoms with E-state index in [0.29, 0.717) is 27.5 Å². The third kappa shape index (κ3) is 4.71. The molecule has 4 aromatic rings. The first kappa shape index (κ1) is 20.5. The van der Waals surface area contributed by atoms with E-state index in [1.165, 1.54) is 17.3 Å². The van der Waals surface area contributed by atoms with Crippen molar-refractivity contribution in [1.82, 2.24) is 19.9 Å². The van der Waals surface area contributed by atoms with Gasteiger partial charge < -0.3 is 11.1 Å². The number of nitrogens with two attached hydrogens (primary N) is 1. The molecule has 0 unspecified atom stereocenters. The Balaban J connectivity index is 1.55. The predicted molar refractivity (Wildman–Crippen MR) is 120 cm³/mol. The summed E-state index contributed by atoms with van der Waals surface area (Å²) in [4.78, 5) is 17.1. The van der Waals surface area contributed by atoms with Crippen LogP contribution in [0.3, 0.4) is 0 Å². The molecule has 2 heterocycles. The second-order valence-corrected chi connectivity index (χ2v) is 7.20. The van der Waals surface area contributed by atoms with Gasteiger partial charge in [-0.25, -0.2) is 4.68 Å². The lowest BCUT2D eigenvalue weighted by Crippen LogP contribution is -2.17. The number of carbonyl (C=O) groups is 1. The number of amides is 1. The number of benzene rings is 2. The van der Waals surface area contributed by atoms with Crippen molar-refractivity contribution in [2.45, 2.75) is 0 Å². The number of nitrogens with one attached hydrogen (secondary N) is 1. The molecule has 31 heavy (non-hydrogen) atoms. The summed E-state index contributed by atoms with van der Waals surface area (Å²) in [5, 5.41) is 15.0. The number of halogens is 2. The zero-order valence-electron chi connectivity index (χ0n) is 15.9. The number of aromatic nitrogens is 4. The second-order valence-electron chi connectivity index (χ2n) is 6.39. The van der Waals surface area contributed by atoms with Crippen LogP contribution in [0.4, 0.5) is 5.69 Å². The predicted octanol–water partition coefficient (Wildman–Crippen LogP) is 4.07. The van der Waals surface area contributed by atoms with Gasteiger partial charge in [0.05, 0.1) is 21.3 Å². The van der Waals surface area contributed by atoms with Gasteiger partial charge in [0.25, 0.3) is 5.91 Å². The second kappa shape index (κ2) is 8.95. The number of hydrogen-bond acceptors (Lipinski definition) is 5. The Morgan fingerprint density at radius 1 is 1.00 bits per heavy atom. The number of amidine groups is 1. The van der Waals surface area contributed by atoms with E-state index in [1.807, 2.05) is 18.2 Å². The quantitative estimate of drug-likeness (QED) is 0.350. The lowest BCUT2D eigenvalue weighted by Gasteiger charge is -2.11. The smallest absolute Gasteiger partial charge is 0.257 e. The molecular weight excluding hydrogens is 437 g/mol. The summed E-state index contributed by atoms with van der Waals surface area (Å²) in [7, 11) is 0. The van der Waals surface area contributed by atoms with E-state index in [9.17, 15) is 4.79 Å². The lowest BCUT2D eigenvalue weighted by atomic mass is 10.1. The summed E-state index contributed by atoms with van der Waals surface area (Å²) in [6.07, 6.45) is 4.49. The van der Waals surface area contributed by atoms with Crippen LogP contribution < -0.4 is 11.1 Å². The maximum atomic E-state index is 12.8. The summed E-state index contributed by atoms with van der Waals surface area (Å²) in [5.41, 5.74) is 8.80. The fourth-order valence-electron chi connectivity index (χ4n) is 2.81. The average Bonchev–Trinajstić information content (AvgIpc) is 3.28. The van der Waals surface area contributed by atoms with Gasteiger partial charge in [0, 0.05) is 23.0 Å². The van der Waals surface area contributed by atoms with Gasteiger partial charge in [-0.05, 0) is 42.5 Å². The highest BCUT2D eigenvalue weighted by Crippen LogP contribution is 2.29. The molecule has 10 heteroatoms. The van der Waals surface area contributed by atoms with Gasteiger partial charge in [-0.1, -0.05) is 35.3 Å². The number of carbonyl (C=O) groups excluding carboxylic acids is 1. The molecule has 0 aliphatic rings. The Morgan fingerprint density at radius 2 is 1.81 bits per heavy atom. The van der Waals surface area contributed by atoms with Crippen LogP contribution in [0.15, 0.2) is 78.6 Å². The van der Waals surface area contributed by atoms with Crippen LogP contribution in [-0.4, -0.2) is 31.6 Å². The summed E-state index contributed by atoms with van der Waals surface area (Å²) in [6.45, 7) is 0. The summed E-state index contributed by atoms with van der Waals surface area (Å²) >= 11 is 12.6. The van der Waals surface area contributed by atoms with Crippen molar-refractivity contribution < 1.29 is 4.79 Å². The topological polar surface area (TPSA) is 111 Å². The molecule has 4 rings (SSSR count). The third-order valence-corrected chi connectivity index (χ3v) is 4.95. The van der Waals surface area contributed by atoms with Gasteiger partial charge >= 0.3 is 0 Å². The van der Waals surface area contributed by atoms with Crippen LogP contribution in [0.5, 0.6) is 0 Å². The highest BCUT2D eigenvalue weighted by molar-refractivity contribution is 6.35. The van der Waals surface area contributed by atoms with E-state index in [-0.39, 0.29) is 22.3 Å². The van der Waals surface area contributed by atoms with E-state index in [1.54, 1.807) is 42.6 Å². The number of pyridine rings is 1. The van der Waals surface area contributed by atoms with Crippen LogP contribution in [0, 0.1) is 0 Å².